The van der Waals surface area contributed by atoms with Crippen molar-refractivity contribution in [1.82, 2.24) is 15.5 Å². The van der Waals surface area contributed by atoms with Gasteiger partial charge in [0.05, 0.1) is 29.3 Å². The summed E-state index contributed by atoms with van der Waals surface area (Å²) in [5, 5.41) is 18.9. The summed E-state index contributed by atoms with van der Waals surface area (Å²) in [7, 11) is 1.44. The van der Waals surface area contributed by atoms with Crippen molar-refractivity contribution in [3.05, 3.63) is 41.0 Å². The molecule has 1 aromatic carbocycles. The third-order valence-corrected chi connectivity index (χ3v) is 3.72. The van der Waals surface area contributed by atoms with Gasteiger partial charge in [-0.3, -0.25) is 14.7 Å². The molecule has 1 amide bonds. The monoisotopic (exact) mass is 351 g/mol. The van der Waals surface area contributed by atoms with Crippen molar-refractivity contribution in [2.75, 3.05) is 13.7 Å². The molecule has 0 bridgehead atoms. The molecule has 8 heteroatoms. The lowest BCUT2D eigenvalue weighted by atomic mass is 9.98. The summed E-state index contributed by atoms with van der Waals surface area (Å²) in [6.45, 7) is 1.67. The van der Waals surface area contributed by atoms with E-state index < -0.39 is 17.4 Å². The summed E-state index contributed by atoms with van der Waals surface area (Å²) in [5.74, 6) is -1.50. The van der Waals surface area contributed by atoms with Crippen molar-refractivity contribution >= 4 is 23.5 Å². The van der Waals surface area contributed by atoms with Gasteiger partial charge in [0.15, 0.2) is 0 Å². The normalized spacial score (nSPS) is 13.3. The zero-order valence-corrected chi connectivity index (χ0v) is 14.1. The van der Waals surface area contributed by atoms with Gasteiger partial charge in [0.25, 0.3) is 5.91 Å². The van der Waals surface area contributed by atoms with Crippen LogP contribution in [-0.2, 0) is 9.53 Å². The molecule has 0 saturated heterocycles. The van der Waals surface area contributed by atoms with E-state index in [2.05, 4.69) is 15.5 Å². The molecule has 0 fully saturated rings. The number of carbonyl (C=O) groups excluding carboxylic acids is 1. The minimum Gasteiger partial charge on any atom is -0.481 e. The summed E-state index contributed by atoms with van der Waals surface area (Å²) in [4.78, 5) is 23.4. The number of ether oxygens (including phenoxy) is 1. The SMILES string of the molecule is COCC(C)(CC(=O)O)NC(=O)c1cc(-c2ccccc2Cl)n[nH]1. The number of benzene rings is 1. The van der Waals surface area contributed by atoms with E-state index in [1.54, 1.807) is 31.2 Å². The number of hydrogen-bond donors (Lipinski definition) is 3. The number of aliphatic carboxylic acids is 1. The number of H-pyrrole nitrogens is 1. The molecule has 0 saturated carbocycles. The third kappa shape index (κ3) is 4.33. The first-order valence-corrected chi connectivity index (χ1v) is 7.56. The van der Waals surface area contributed by atoms with Crippen LogP contribution < -0.4 is 5.32 Å². The summed E-state index contributed by atoms with van der Waals surface area (Å²) in [6.07, 6.45) is -0.266. The number of carbonyl (C=O) groups is 2. The quantitative estimate of drug-likeness (QED) is 0.710. The van der Waals surface area contributed by atoms with Crippen molar-refractivity contribution in [2.45, 2.75) is 18.9 Å². The van der Waals surface area contributed by atoms with Crippen molar-refractivity contribution in [1.29, 1.82) is 0 Å². The Bertz CT molecular complexity index is 746. The molecule has 0 aliphatic carbocycles. The van der Waals surface area contributed by atoms with Crippen LogP contribution in [0.15, 0.2) is 30.3 Å². The number of aromatic amines is 1. The fraction of sp³-hybridized carbons (Fsp3) is 0.312. The van der Waals surface area contributed by atoms with Gasteiger partial charge in [-0.2, -0.15) is 5.10 Å². The van der Waals surface area contributed by atoms with Crippen molar-refractivity contribution in [2.24, 2.45) is 0 Å². The van der Waals surface area contributed by atoms with Gasteiger partial charge in [-0.05, 0) is 19.1 Å². The lowest BCUT2D eigenvalue weighted by molar-refractivity contribution is -0.139. The first kappa shape index (κ1) is 18.0. The van der Waals surface area contributed by atoms with Crippen molar-refractivity contribution in [3.8, 4) is 11.3 Å². The van der Waals surface area contributed by atoms with Crippen LogP contribution in [-0.4, -0.2) is 46.4 Å². The number of carboxylic acids is 1. The molecule has 2 aromatic rings. The van der Waals surface area contributed by atoms with Crippen LogP contribution in [0.4, 0.5) is 0 Å². The minimum atomic E-state index is -1.03. The molecular weight excluding hydrogens is 334 g/mol. The number of nitrogens with one attached hydrogen (secondary N) is 2. The van der Waals surface area contributed by atoms with Gasteiger partial charge < -0.3 is 15.2 Å². The fourth-order valence-corrected chi connectivity index (χ4v) is 2.60. The Kier molecular flexibility index (Phi) is 5.58. The van der Waals surface area contributed by atoms with E-state index in [9.17, 15) is 9.59 Å². The lowest BCUT2D eigenvalue weighted by Crippen LogP contribution is -2.50. The molecule has 0 aliphatic heterocycles. The predicted molar refractivity (Wildman–Crippen MR) is 89.0 cm³/mol. The van der Waals surface area contributed by atoms with Crippen LogP contribution in [0.5, 0.6) is 0 Å². The van der Waals surface area contributed by atoms with E-state index >= 15 is 0 Å². The number of hydrogen-bond acceptors (Lipinski definition) is 4. The van der Waals surface area contributed by atoms with Crippen LogP contribution in [0.25, 0.3) is 11.3 Å². The first-order valence-electron chi connectivity index (χ1n) is 7.18. The maximum atomic E-state index is 12.4. The van der Waals surface area contributed by atoms with Crippen LogP contribution >= 0.6 is 11.6 Å². The summed E-state index contributed by atoms with van der Waals surface area (Å²) in [6, 6.07) is 8.70. The molecule has 24 heavy (non-hydrogen) atoms. The number of amides is 1. The largest absolute Gasteiger partial charge is 0.481 e. The van der Waals surface area contributed by atoms with Gasteiger partial charge in [-0.1, -0.05) is 29.8 Å². The third-order valence-electron chi connectivity index (χ3n) is 3.39. The number of rotatable bonds is 7. The maximum absolute atomic E-state index is 12.4. The number of methoxy groups -OCH3 is 1. The fourth-order valence-electron chi connectivity index (χ4n) is 2.37. The second kappa shape index (κ2) is 7.46. The second-order valence-corrected chi connectivity index (χ2v) is 6.07. The Morgan fingerprint density at radius 2 is 2.12 bits per heavy atom. The van der Waals surface area contributed by atoms with Crippen molar-refractivity contribution < 1.29 is 19.4 Å². The Morgan fingerprint density at radius 3 is 2.75 bits per heavy atom. The zero-order chi connectivity index (χ0) is 17.7. The number of carboxylic acid groups (broad SMARTS) is 1. The topological polar surface area (TPSA) is 104 Å². The highest BCUT2D eigenvalue weighted by atomic mass is 35.5. The maximum Gasteiger partial charge on any atom is 0.305 e. The van der Waals surface area contributed by atoms with E-state index in [4.69, 9.17) is 21.4 Å². The van der Waals surface area contributed by atoms with Gasteiger partial charge in [-0.15, -0.1) is 0 Å². The molecule has 3 N–H and O–H groups in total. The molecular formula is C16H18ClN3O4. The van der Waals surface area contributed by atoms with E-state index in [1.165, 1.54) is 7.11 Å². The van der Waals surface area contributed by atoms with Crippen LogP contribution in [0.2, 0.25) is 5.02 Å². The molecule has 1 unspecified atom stereocenters. The smallest absolute Gasteiger partial charge is 0.305 e. The molecule has 0 aliphatic rings. The standard InChI is InChI=1S/C16H18ClN3O4/c1-16(9-24-2,8-14(21)22)18-15(23)13-7-12(19-20-13)10-5-3-4-6-11(10)17/h3-7H,8-9H2,1-2H3,(H,18,23)(H,19,20)(H,21,22). The van der Waals surface area contributed by atoms with E-state index in [1.807, 2.05) is 6.07 Å². The van der Waals surface area contributed by atoms with Crippen LogP contribution in [0.1, 0.15) is 23.8 Å². The molecule has 0 spiro atoms. The van der Waals surface area contributed by atoms with Gasteiger partial charge in [0.2, 0.25) is 0 Å². The summed E-state index contributed by atoms with van der Waals surface area (Å²) < 4.78 is 5.01. The Labute approximate surface area is 144 Å². The van der Waals surface area contributed by atoms with Gasteiger partial charge in [0, 0.05) is 12.7 Å². The molecule has 0 radical (unpaired) electrons. The minimum absolute atomic E-state index is 0.0660. The van der Waals surface area contributed by atoms with E-state index in [-0.39, 0.29) is 18.7 Å². The highest BCUT2D eigenvalue weighted by Crippen LogP contribution is 2.26. The Balaban J connectivity index is 2.18. The molecule has 1 aromatic heterocycles. The first-order chi connectivity index (χ1) is 11.3. The summed E-state index contributed by atoms with van der Waals surface area (Å²) >= 11 is 6.12. The van der Waals surface area contributed by atoms with E-state index in [0.717, 1.165) is 0 Å². The molecule has 128 valence electrons. The average Bonchev–Trinajstić information content (AvgIpc) is 2.96. The van der Waals surface area contributed by atoms with Crippen LogP contribution in [0.3, 0.4) is 0 Å². The second-order valence-electron chi connectivity index (χ2n) is 5.67. The highest BCUT2D eigenvalue weighted by Gasteiger charge is 2.30. The van der Waals surface area contributed by atoms with Crippen LogP contribution in [0, 0.1) is 0 Å². The van der Waals surface area contributed by atoms with Gasteiger partial charge in [0.1, 0.15) is 5.69 Å². The lowest BCUT2D eigenvalue weighted by Gasteiger charge is -2.28. The summed E-state index contributed by atoms with van der Waals surface area (Å²) in [5.41, 5.74) is 0.391. The zero-order valence-electron chi connectivity index (χ0n) is 13.3. The Morgan fingerprint density at radius 1 is 1.42 bits per heavy atom. The van der Waals surface area contributed by atoms with Crippen molar-refractivity contribution in [3.63, 3.8) is 0 Å². The number of aromatic nitrogens is 2. The average molecular weight is 352 g/mol. The number of halogens is 1. The van der Waals surface area contributed by atoms with E-state index in [0.29, 0.717) is 16.3 Å². The molecule has 1 heterocycles. The molecule has 1 atom stereocenters. The van der Waals surface area contributed by atoms with Gasteiger partial charge >= 0.3 is 5.97 Å². The number of nitrogens with zero attached hydrogens (tertiary/aromatic N) is 1. The predicted octanol–water partition coefficient (Wildman–Crippen LogP) is 2.34. The molecule has 2 rings (SSSR count). The Hall–Kier alpha value is -2.38. The van der Waals surface area contributed by atoms with Gasteiger partial charge in [-0.25, -0.2) is 0 Å². The highest BCUT2D eigenvalue weighted by molar-refractivity contribution is 6.33. The molecule has 7 nitrogen and oxygen atoms in total.